The fourth-order valence-electron chi connectivity index (χ4n) is 2.26. The molecule has 2 fully saturated rings. The molecule has 0 aliphatic carbocycles. The van der Waals surface area contributed by atoms with Crippen LogP contribution >= 0.6 is 11.8 Å². The van der Waals surface area contributed by atoms with Crippen molar-refractivity contribution in [1.82, 2.24) is 10.6 Å². The van der Waals surface area contributed by atoms with Crippen LogP contribution in [-0.4, -0.2) is 40.2 Å². The molecule has 2 aliphatic rings. The molecule has 2 amide bonds. The number of unbranched alkanes of at least 4 members (excludes halogenated alkanes) is 1. The van der Waals surface area contributed by atoms with Gasteiger partial charge >= 0.3 is 12.0 Å². The predicted molar refractivity (Wildman–Crippen MR) is 61.6 cm³/mol. The number of nitrogens with one attached hydrogen (secondary N) is 2. The summed E-state index contributed by atoms with van der Waals surface area (Å²) < 4.78 is 0. The summed E-state index contributed by atoms with van der Waals surface area (Å²) in [7, 11) is 0. The van der Waals surface area contributed by atoms with Gasteiger partial charge in [-0.25, -0.2) is 4.79 Å². The van der Waals surface area contributed by atoms with E-state index in [2.05, 4.69) is 10.6 Å². The van der Waals surface area contributed by atoms with Gasteiger partial charge in [0.15, 0.2) is 0 Å². The van der Waals surface area contributed by atoms with Crippen molar-refractivity contribution >= 4 is 23.8 Å². The Labute approximate surface area is 98.4 Å². The number of carboxylic acid groups (broad SMARTS) is 1. The molecule has 16 heavy (non-hydrogen) atoms. The number of carboxylic acids is 1. The number of hydrogen-bond acceptors (Lipinski definition) is 3. The van der Waals surface area contributed by atoms with E-state index in [0.29, 0.717) is 5.25 Å². The van der Waals surface area contributed by atoms with Crippen LogP contribution in [0.2, 0.25) is 0 Å². The molecule has 6 heteroatoms. The van der Waals surface area contributed by atoms with Gasteiger partial charge < -0.3 is 15.7 Å². The van der Waals surface area contributed by atoms with Crippen molar-refractivity contribution in [3.63, 3.8) is 0 Å². The van der Waals surface area contributed by atoms with E-state index in [1.807, 2.05) is 11.8 Å². The molecule has 0 aromatic carbocycles. The van der Waals surface area contributed by atoms with Crippen molar-refractivity contribution in [2.45, 2.75) is 43.0 Å². The Morgan fingerprint density at radius 3 is 3.00 bits per heavy atom. The van der Waals surface area contributed by atoms with Gasteiger partial charge in [0.1, 0.15) is 0 Å². The topological polar surface area (TPSA) is 78.4 Å². The van der Waals surface area contributed by atoms with Crippen LogP contribution in [0.15, 0.2) is 0 Å². The number of carbonyl (C=O) groups is 2. The van der Waals surface area contributed by atoms with E-state index in [9.17, 15) is 9.59 Å². The van der Waals surface area contributed by atoms with Gasteiger partial charge in [-0.1, -0.05) is 6.42 Å². The first-order chi connectivity index (χ1) is 7.66. The van der Waals surface area contributed by atoms with Crippen LogP contribution in [-0.2, 0) is 4.79 Å². The lowest BCUT2D eigenvalue weighted by Gasteiger charge is -2.16. The molecular formula is C10H16N2O3S. The van der Waals surface area contributed by atoms with Gasteiger partial charge in [0.05, 0.1) is 12.1 Å². The third kappa shape index (κ3) is 2.61. The highest BCUT2D eigenvalue weighted by Gasteiger charge is 2.42. The molecule has 2 aliphatic heterocycles. The Morgan fingerprint density at radius 1 is 1.44 bits per heavy atom. The number of fused-ring (bicyclic) bond motifs is 1. The first kappa shape index (κ1) is 11.6. The molecule has 2 saturated heterocycles. The van der Waals surface area contributed by atoms with Gasteiger partial charge in [-0.15, -0.1) is 0 Å². The van der Waals surface area contributed by atoms with Crippen molar-refractivity contribution in [2.75, 3.05) is 5.75 Å². The minimum absolute atomic E-state index is 0.0640. The zero-order valence-electron chi connectivity index (χ0n) is 8.94. The average Bonchev–Trinajstić information content (AvgIpc) is 2.72. The van der Waals surface area contributed by atoms with Crippen LogP contribution in [0.5, 0.6) is 0 Å². The van der Waals surface area contributed by atoms with Crippen LogP contribution in [0, 0.1) is 0 Å². The second-order valence-electron chi connectivity index (χ2n) is 4.26. The fourth-order valence-corrected chi connectivity index (χ4v) is 3.81. The monoisotopic (exact) mass is 244 g/mol. The molecule has 90 valence electrons. The number of amides is 2. The molecule has 0 radical (unpaired) electrons. The molecule has 2 heterocycles. The largest absolute Gasteiger partial charge is 0.481 e. The number of thioether (sulfide) groups is 1. The fraction of sp³-hybridized carbons (Fsp3) is 0.800. The summed E-state index contributed by atoms with van der Waals surface area (Å²) in [5, 5.41) is 14.8. The lowest BCUT2D eigenvalue weighted by Crippen LogP contribution is -2.36. The summed E-state index contributed by atoms with van der Waals surface area (Å²) in [6, 6.07) is 0.440. The molecule has 0 spiro atoms. The molecule has 0 aromatic rings. The molecule has 0 bridgehead atoms. The number of carbonyl (C=O) groups excluding carboxylic acids is 1. The highest BCUT2D eigenvalue weighted by Crippen LogP contribution is 2.33. The Morgan fingerprint density at radius 2 is 2.25 bits per heavy atom. The minimum atomic E-state index is -0.729. The minimum Gasteiger partial charge on any atom is -0.481 e. The maximum Gasteiger partial charge on any atom is 0.315 e. The Balaban J connectivity index is 1.70. The van der Waals surface area contributed by atoms with Gasteiger partial charge in [0, 0.05) is 17.4 Å². The average molecular weight is 244 g/mol. The molecule has 0 aromatic heterocycles. The van der Waals surface area contributed by atoms with Gasteiger partial charge in [0.2, 0.25) is 0 Å². The first-order valence-electron chi connectivity index (χ1n) is 5.57. The van der Waals surface area contributed by atoms with Crippen molar-refractivity contribution in [3.8, 4) is 0 Å². The van der Waals surface area contributed by atoms with Crippen molar-refractivity contribution in [1.29, 1.82) is 0 Å². The first-order valence-corrected chi connectivity index (χ1v) is 6.62. The molecule has 3 atom stereocenters. The Bertz CT molecular complexity index is 298. The molecular weight excluding hydrogens is 228 g/mol. The van der Waals surface area contributed by atoms with Gasteiger partial charge in [-0.3, -0.25) is 4.79 Å². The molecule has 0 saturated carbocycles. The summed E-state index contributed by atoms with van der Waals surface area (Å²) in [6.45, 7) is 0. The lowest BCUT2D eigenvalue weighted by atomic mass is 10.0. The van der Waals surface area contributed by atoms with Crippen molar-refractivity contribution < 1.29 is 14.7 Å². The van der Waals surface area contributed by atoms with E-state index in [4.69, 9.17) is 5.11 Å². The van der Waals surface area contributed by atoms with Gasteiger partial charge in [-0.05, 0) is 12.8 Å². The predicted octanol–water partition coefficient (Wildman–Crippen LogP) is 0.797. The SMILES string of the molecule is O=C(O)CCCC[C@@H]1SC[C@@H]2NC(=O)N[C@H]21. The summed E-state index contributed by atoms with van der Waals surface area (Å²) >= 11 is 1.87. The summed E-state index contributed by atoms with van der Waals surface area (Å²) in [6.07, 6.45) is 2.88. The van der Waals surface area contributed by atoms with E-state index in [-0.39, 0.29) is 24.5 Å². The van der Waals surface area contributed by atoms with Crippen LogP contribution in [0.1, 0.15) is 25.7 Å². The zero-order valence-corrected chi connectivity index (χ0v) is 9.76. The van der Waals surface area contributed by atoms with E-state index in [0.717, 1.165) is 25.0 Å². The van der Waals surface area contributed by atoms with Crippen molar-refractivity contribution in [2.24, 2.45) is 0 Å². The highest BCUT2D eigenvalue weighted by molar-refractivity contribution is 8.00. The maximum atomic E-state index is 11.1. The standard InChI is InChI=1S/C10H16N2O3S/c13-8(14)4-2-1-3-7-9-6(5-16-7)11-10(15)12-9/h6-7,9H,1-5H2,(H,13,14)(H2,11,12,15)/t6-,7-,9+/m0/s1. The van der Waals surface area contributed by atoms with Crippen LogP contribution in [0.4, 0.5) is 4.79 Å². The molecule has 2 rings (SSSR count). The summed E-state index contributed by atoms with van der Waals surface area (Å²) in [5.74, 6) is 0.236. The lowest BCUT2D eigenvalue weighted by molar-refractivity contribution is -0.137. The quantitative estimate of drug-likeness (QED) is 0.493. The van der Waals surface area contributed by atoms with E-state index in [1.54, 1.807) is 0 Å². The van der Waals surface area contributed by atoms with Gasteiger partial charge in [0.25, 0.3) is 0 Å². The maximum absolute atomic E-state index is 11.1. The second kappa shape index (κ2) is 4.95. The van der Waals surface area contributed by atoms with Gasteiger partial charge in [-0.2, -0.15) is 11.8 Å². The summed E-state index contributed by atoms with van der Waals surface area (Å²) in [5.41, 5.74) is 0. The van der Waals surface area contributed by atoms with E-state index >= 15 is 0 Å². The third-order valence-electron chi connectivity index (χ3n) is 3.07. The third-order valence-corrected chi connectivity index (χ3v) is 4.58. The number of aliphatic carboxylic acids is 1. The molecule has 0 unspecified atom stereocenters. The molecule has 3 N–H and O–H groups in total. The summed E-state index contributed by atoms with van der Waals surface area (Å²) in [4.78, 5) is 21.5. The second-order valence-corrected chi connectivity index (χ2v) is 5.53. The van der Waals surface area contributed by atoms with Crippen LogP contribution in [0.3, 0.4) is 0 Å². The number of hydrogen-bond donors (Lipinski definition) is 3. The number of rotatable bonds is 5. The highest BCUT2D eigenvalue weighted by atomic mass is 32.2. The van der Waals surface area contributed by atoms with Crippen LogP contribution in [0.25, 0.3) is 0 Å². The normalized spacial score (nSPS) is 32.0. The van der Waals surface area contributed by atoms with Crippen molar-refractivity contribution in [3.05, 3.63) is 0 Å². The zero-order chi connectivity index (χ0) is 11.5. The Hall–Kier alpha value is -0.910. The smallest absolute Gasteiger partial charge is 0.315 e. The van der Waals surface area contributed by atoms with E-state index < -0.39 is 5.97 Å². The van der Waals surface area contributed by atoms with E-state index in [1.165, 1.54) is 0 Å². The molecule has 5 nitrogen and oxygen atoms in total. The number of urea groups is 1. The van der Waals surface area contributed by atoms with Crippen LogP contribution < -0.4 is 10.6 Å². The Kier molecular flexibility index (Phi) is 3.58.